The van der Waals surface area contributed by atoms with Crippen molar-refractivity contribution in [1.29, 1.82) is 0 Å². The summed E-state index contributed by atoms with van der Waals surface area (Å²) in [5.74, 6) is 0.666. The summed E-state index contributed by atoms with van der Waals surface area (Å²) in [7, 11) is 0. The van der Waals surface area contributed by atoms with Gasteiger partial charge in [0.15, 0.2) is 8.68 Å². The molecule has 1 aromatic carbocycles. The van der Waals surface area contributed by atoms with Crippen LogP contribution in [-0.4, -0.2) is 32.0 Å². The summed E-state index contributed by atoms with van der Waals surface area (Å²) in [5, 5.41) is 21.3. The molecule has 0 bridgehead atoms. The lowest BCUT2D eigenvalue weighted by Crippen LogP contribution is -2.22. The fourth-order valence-corrected chi connectivity index (χ4v) is 4.76. The van der Waals surface area contributed by atoms with Gasteiger partial charge in [0.05, 0.1) is 10.2 Å². The third kappa shape index (κ3) is 5.18. The van der Waals surface area contributed by atoms with E-state index in [9.17, 15) is 14.9 Å². The van der Waals surface area contributed by atoms with Gasteiger partial charge in [-0.15, -0.1) is 10.2 Å². The number of carbonyl (C=O) groups excluding carboxylic acids is 1. The predicted molar refractivity (Wildman–Crippen MR) is 98.0 cm³/mol. The first kappa shape index (κ1) is 18.7. The fourth-order valence-electron chi connectivity index (χ4n) is 1.67. The van der Waals surface area contributed by atoms with Crippen LogP contribution in [0.2, 0.25) is 0 Å². The Labute approximate surface area is 151 Å². The first-order valence-electron chi connectivity index (χ1n) is 7.18. The molecule has 1 N–H and O–H groups in total. The third-order valence-electron chi connectivity index (χ3n) is 2.82. The van der Waals surface area contributed by atoms with Crippen LogP contribution in [0.25, 0.3) is 0 Å². The number of anilines is 1. The van der Waals surface area contributed by atoms with Crippen LogP contribution in [0.1, 0.15) is 20.3 Å². The van der Waals surface area contributed by atoms with E-state index in [1.54, 1.807) is 30.8 Å². The molecular formula is C14H16N4O3S3. The van der Waals surface area contributed by atoms with Gasteiger partial charge in [-0.2, -0.15) is 0 Å². The minimum atomic E-state index is -0.518. The molecule has 1 amide bonds. The second-order valence-electron chi connectivity index (χ2n) is 4.71. The average Bonchev–Trinajstić information content (AvgIpc) is 3.00. The Morgan fingerprint density at radius 3 is 2.79 bits per heavy atom. The van der Waals surface area contributed by atoms with E-state index in [1.807, 2.05) is 0 Å². The quantitative estimate of drug-likeness (QED) is 0.416. The summed E-state index contributed by atoms with van der Waals surface area (Å²) in [6, 6.07) is 6.07. The number of nitrogens with one attached hydrogen (secondary N) is 1. The van der Waals surface area contributed by atoms with Crippen molar-refractivity contribution in [2.45, 2.75) is 34.2 Å². The van der Waals surface area contributed by atoms with Gasteiger partial charge in [-0.25, -0.2) is 0 Å². The molecule has 2 rings (SSSR count). The van der Waals surface area contributed by atoms with Gasteiger partial charge in [0, 0.05) is 11.8 Å². The Morgan fingerprint density at radius 2 is 2.08 bits per heavy atom. The van der Waals surface area contributed by atoms with Gasteiger partial charge in [0.25, 0.3) is 5.69 Å². The number of aromatic nitrogens is 2. The highest BCUT2D eigenvalue weighted by Crippen LogP contribution is 2.32. The number of nitro benzene ring substituents is 1. The number of carbonyl (C=O) groups is 1. The minimum absolute atomic E-state index is 0.128. The average molecular weight is 385 g/mol. The van der Waals surface area contributed by atoms with Crippen LogP contribution < -0.4 is 5.32 Å². The molecule has 0 saturated carbocycles. The molecule has 0 aliphatic carbocycles. The summed E-state index contributed by atoms with van der Waals surface area (Å²) in [6.45, 7) is 3.83. The number of thioether (sulfide) groups is 2. The Hall–Kier alpha value is -1.65. The van der Waals surface area contributed by atoms with E-state index in [2.05, 4.69) is 22.4 Å². The molecule has 0 fully saturated rings. The van der Waals surface area contributed by atoms with Gasteiger partial charge < -0.3 is 5.32 Å². The zero-order valence-electron chi connectivity index (χ0n) is 13.1. The van der Waals surface area contributed by atoms with Crippen molar-refractivity contribution in [1.82, 2.24) is 10.2 Å². The SMILES string of the molecule is CCCSc1nnc(S[C@H](C)C(=O)Nc2ccccc2[N+](=O)[O-])s1. The molecule has 0 saturated heterocycles. The van der Waals surface area contributed by atoms with Crippen molar-refractivity contribution in [3.05, 3.63) is 34.4 Å². The topological polar surface area (TPSA) is 98.0 Å². The molecule has 0 unspecified atom stereocenters. The maximum Gasteiger partial charge on any atom is 0.292 e. The molecule has 0 radical (unpaired) electrons. The third-order valence-corrected chi connectivity index (χ3v) is 6.27. The minimum Gasteiger partial charge on any atom is -0.319 e. The van der Waals surface area contributed by atoms with E-state index in [4.69, 9.17) is 0 Å². The van der Waals surface area contributed by atoms with Crippen LogP contribution in [-0.2, 0) is 4.79 Å². The largest absolute Gasteiger partial charge is 0.319 e. The Morgan fingerprint density at radius 1 is 1.38 bits per heavy atom. The highest BCUT2D eigenvalue weighted by atomic mass is 32.2. The van der Waals surface area contributed by atoms with Gasteiger partial charge in [-0.3, -0.25) is 14.9 Å². The van der Waals surface area contributed by atoms with Gasteiger partial charge >= 0.3 is 0 Å². The Kier molecular flexibility index (Phi) is 7.00. The van der Waals surface area contributed by atoms with Crippen LogP contribution in [0.3, 0.4) is 0 Å². The molecule has 24 heavy (non-hydrogen) atoms. The van der Waals surface area contributed by atoms with Crippen molar-refractivity contribution in [3.8, 4) is 0 Å². The highest BCUT2D eigenvalue weighted by Gasteiger charge is 2.21. The lowest BCUT2D eigenvalue weighted by atomic mass is 10.2. The molecule has 1 aromatic heterocycles. The molecule has 10 heteroatoms. The number of nitrogens with zero attached hydrogens (tertiary/aromatic N) is 3. The second-order valence-corrected chi connectivity index (χ2v) is 8.61. The zero-order valence-corrected chi connectivity index (χ0v) is 15.5. The van der Waals surface area contributed by atoms with Gasteiger partial charge in [0.1, 0.15) is 5.69 Å². The van der Waals surface area contributed by atoms with Gasteiger partial charge in [0.2, 0.25) is 5.91 Å². The highest BCUT2D eigenvalue weighted by molar-refractivity contribution is 8.03. The van der Waals surface area contributed by atoms with Gasteiger partial charge in [-0.05, 0) is 19.4 Å². The van der Waals surface area contributed by atoms with E-state index < -0.39 is 10.2 Å². The number of amides is 1. The summed E-state index contributed by atoms with van der Waals surface area (Å²) in [4.78, 5) is 22.7. The predicted octanol–water partition coefficient (Wildman–Crippen LogP) is 4.07. The molecule has 1 heterocycles. The van der Waals surface area contributed by atoms with E-state index in [0.717, 1.165) is 16.5 Å². The molecule has 0 aliphatic rings. The summed E-state index contributed by atoms with van der Waals surface area (Å²) in [5.41, 5.74) is 0.0635. The molecule has 2 aromatic rings. The fraction of sp³-hybridized carbons (Fsp3) is 0.357. The lowest BCUT2D eigenvalue weighted by molar-refractivity contribution is -0.383. The number of para-hydroxylation sites is 2. The number of benzene rings is 1. The lowest BCUT2D eigenvalue weighted by Gasteiger charge is -2.10. The molecule has 0 aliphatic heterocycles. The van der Waals surface area contributed by atoms with E-state index >= 15 is 0 Å². The first-order chi connectivity index (χ1) is 11.5. The molecular weight excluding hydrogens is 368 g/mol. The monoisotopic (exact) mass is 384 g/mol. The number of hydrogen-bond donors (Lipinski definition) is 1. The van der Waals surface area contributed by atoms with Crippen LogP contribution in [0.15, 0.2) is 32.9 Å². The van der Waals surface area contributed by atoms with E-state index in [0.29, 0.717) is 4.34 Å². The van der Waals surface area contributed by atoms with Crippen molar-refractivity contribution in [2.24, 2.45) is 0 Å². The van der Waals surface area contributed by atoms with E-state index in [1.165, 1.54) is 35.2 Å². The van der Waals surface area contributed by atoms with E-state index in [-0.39, 0.29) is 17.3 Å². The Balaban J connectivity index is 1.97. The molecule has 0 spiro atoms. The maximum atomic E-state index is 12.3. The Bertz CT molecular complexity index is 723. The zero-order chi connectivity index (χ0) is 17.5. The smallest absolute Gasteiger partial charge is 0.292 e. The van der Waals surface area contributed by atoms with Crippen molar-refractivity contribution >= 4 is 52.1 Å². The first-order valence-corrected chi connectivity index (χ1v) is 9.86. The summed E-state index contributed by atoms with van der Waals surface area (Å²) >= 11 is 4.38. The van der Waals surface area contributed by atoms with Crippen LogP contribution in [0, 0.1) is 10.1 Å². The molecule has 7 nitrogen and oxygen atoms in total. The van der Waals surface area contributed by atoms with Crippen molar-refractivity contribution < 1.29 is 9.72 Å². The molecule has 128 valence electrons. The van der Waals surface area contributed by atoms with Crippen LogP contribution in [0.5, 0.6) is 0 Å². The van der Waals surface area contributed by atoms with Crippen LogP contribution in [0.4, 0.5) is 11.4 Å². The summed E-state index contributed by atoms with van der Waals surface area (Å²) < 4.78 is 1.59. The maximum absolute atomic E-state index is 12.3. The summed E-state index contributed by atoms with van der Waals surface area (Å²) in [6.07, 6.45) is 1.06. The normalized spacial score (nSPS) is 11.9. The van der Waals surface area contributed by atoms with Gasteiger partial charge in [-0.1, -0.05) is 53.9 Å². The molecule has 1 atom stereocenters. The van der Waals surface area contributed by atoms with Crippen molar-refractivity contribution in [3.63, 3.8) is 0 Å². The number of nitro groups is 1. The second kappa shape index (κ2) is 9.00. The van der Waals surface area contributed by atoms with Crippen molar-refractivity contribution in [2.75, 3.05) is 11.1 Å². The number of rotatable bonds is 8. The number of hydrogen-bond acceptors (Lipinski definition) is 8. The standard InChI is InChI=1S/C14H16N4O3S3/c1-3-8-22-13-16-17-14(24-13)23-9(2)12(19)15-10-6-4-5-7-11(10)18(20)21/h4-7,9H,3,8H2,1-2H3,(H,15,19)/t9-/m1/s1. The van der Waals surface area contributed by atoms with Crippen LogP contribution >= 0.6 is 34.9 Å².